The van der Waals surface area contributed by atoms with E-state index in [4.69, 9.17) is 11.7 Å². The summed E-state index contributed by atoms with van der Waals surface area (Å²) in [6.45, 7) is 7.95. The lowest BCUT2D eigenvalue weighted by atomic mass is 10.2. The fourth-order valence-electron chi connectivity index (χ4n) is 2.54. The Morgan fingerprint density at radius 1 is 0.833 bits per heavy atom. The number of fused-ring (bicyclic) bond motifs is 2. The molecule has 0 aliphatic carbocycles. The standard InChI is InChI=1S/C9H10N2.C8H9N3.C2H6/c1-7-6-11(10)9-5-3-2-4-8(7)9;1-6-10-7-4-2-3-5-8(7)11(6)9;1-2/h2-6H,10H2,1H3;2-5H,9H2,1H3;1-2H3. The second-order valence-electron chi connectivity index (χ2n) is 5.25. The van der Waals surface area contributed by atoms with Crippen molar-refractivity contribution in [3.63, 3.8) is 0 Å². The smallest absolute Gasteiger partial charge is 0.125 e. The van der Waals surface area contributed by atoms with Crippen LogP contribution in [0, 0.1) is 13.8 Å². The van der Waals surface area contributed by atoms with Crippen LogP contribution >= 0.6 is 0 Å². The molecule has 24 heavy (non-hydrogen) atoms. The normalized spacial score (nSPS) is 10.0. The fourth-order valence-corrected chi connectivity index (χ4v) is 2.54. The van der Waals surface area contributed by atoms with Gasteiger partial charge in [0.15, 0.2) is 0 Å². The topological polar surface area (TPSA) is 74.8 Å². The third-order valence-electron chi connectivity index (χ3n) is 3.71. The molecule has 0 unspecified atom stereocenters. The average molecular weight is 323 g/mol. The molecule has 5 heteroatoms. The van der Waals surface area contributed by atoms with Gasteiger partial charge in [0.2, 0.25) is 0 Å². The van der Waals surface area contributed by atoms with E-state index in [1.807, 2.05) is 69.4 Å². The van der Waals surface area contributed by atoms with Crippen molar-refractivity contribution in [3.8, 4) is 0 Å². The summed E-state index contributed by atoms with van der Waals surface area (Å²) < 4.78 is 3.25. The number of nitrogens with two attached hydrogens (primary N) is 2. The number of hydrogen-bond donors (Lipinski definition) is 2. The second-order valence-corrected chi connectivity index (χ2v) is 5.25. The quantitative estimate of drug-likeness (QED) is 0.484. The third kappa shape index (κ3) is 3.35. The Hall–Kier alpha value is -2.95. The Labute approximate surface area is 142 Å². The first kappa shape index (κ1) is 17.4. The van der Waals surface area contributed by atoms with Crippen molar-refractivity contribution in [2.75, 3.05) is 11.7 Å². The van der Waals surface area contributed by atoms with Crippen LogP contribution in [0.15, 0.2) is 54.7 Å². The zero-order valence-corrected chi connectivity index (χ0v) is 14.7. The van der Waals surface area contributed by atoms with Gasteiger partial charge in [0.1, 0.15) is 5.82 Å². The zero-order chi connectivity index (χ0) is 17.7. The van der Waals surface area contributed by atoms with Crippen LogP contribution in [0.25, 0.3) is 21.9 Å². The fraction of sp³-hybridized carbons (Fsp3) is 0.211. The van der Waals surface area contributed by atoms with Gasteiger partial charge in [-0.2, -0.15) is 0 Å². The molecule has 0 saturated carbocycles. The number of aromatic nitrogens is 3. The summed E-state index contributed by atoms with van der Waals surface area (Å²) >= 11 is 0. The van der Waals surface area contributed by atoms with E-state index in [0.717, 1.165) is 22.4 Å². The van der Waals surface area contributed by atoms with Gasteiger partial charge in [-0.05, 0) is 37.6 Å². The van der Waals surface area contributed by atoms with Gasteiger partial charge in [0.05, 0.1) is 16.6 Å². The van der Waals surface area contributed by atoms with E-state index in [1.54, 1.807) is 9.35 Å². The van der Waals surface area contributed by atoms with E-state index in [1.165, 1.54) is 10.9 Å². The van der Waals surface area contributed by atoms with Crippen molar-refractivity contribution in [2.45, 2.75) is 27.7 Å². The number of para-hydroxylation sites is 3. The molecule has 126 valence electrons. The monoisotopic (exact) mass is 323 g/mol. The summed E-state index contributed by atoms with van der Waals surface area (Å²) in [5.41, 5.74) is 4.24. The molecule has 4 rings (SSSR count). The summed E-state index contributed by atoms with van der Waals surface area (Å²) in [7, 11) is 0. The largest absolute Gasteiger partial charge is 0.339 e. The molecule has 2 aromatic heterocycles. The first-order chi connectivity index (χ1) is 11.6. The summed E-state index contributed by atoms with van der Waals surface area (Å²) in [6, 6.07) is 15.9. The highest BCUT2D eigenvalue weighted by Gasteiger charge is 2.01. The lowest BCUT2D eigenvalue weighted by Crippen LogP contribution is -2.09. The van der Waals surface area contributed by atoms with Gasteiger partial charge in [-0.1, -0.05) is 44.2 Å². The van der Waals surface area contributed by atoms with Crippen LogP contribution in [0.1, 0.15) is 25.2 Å². The van der Waals surface area contributed by atoms with Crippen LogP contribution in [-0.2, 0) is 0 Å². The number of rotatable bonds is 0. The Morgan fingerprint density at radius 3 is 2.04 bits per heavy atom. The first-order valence-corrected chi connectivity index (χ1v) is 8.09. The molecule has 0 amide bonds. The minimum absolute atomic E-state index is 0.839. The minimum Gasteiger partial charge on any atom is -0.339 e. The van der Waals surface area contributed by atoms with Crippen LogP contribution in [-0.4, -0.2) is 14.3 Å². The van der Waals surface area contributed by atoms with Crippen molar-refractivity contribution < 1.29 is 0 Å². The number of benzene rings is 2. The van der Waals surface area contributed by atoms with Gasteiger partial charge in [0.25, 0.3) is 0 Å². The molecule has 4 aromatic rings. The van der Waals surface area contributed by atoms with Crippen LogP contribution in [0.2, 0.25) is 0 Å². The maximum atomic E-state index is 5.69. The summed E-state index contributed by atoms with van der Waals surface area (Å²) in [5.74, 6) is 12.2. The van der Waals surface area contributed by atoms with E-state index in [0.29, 0.717) is 0 Å². The molecule has 0 aliphatic heterocycles. The highest BCUT2D eigenvalue weighted by Crippen LogP contribution is 2.17. The summed E-state index contributed by atoms with van der Waals surface area (Å²) in [5, 5.41) is 1.23. The number of aryl methyl sites for hydroxylation is 2. The molecule has 4 N–H and O–H groups in total. The molecular formula is C19H25N5. The van der Waals surface area contributed by atoms with Gasteiger partial charge >= 0.3 is 0 Å². The van der Waals surface area contributed by atoms with Crippen molar-refractivity contribution >= 4 is 21.9 Å². The van der Waals surface area contributed by atoms with E-state index in [9.17, 15) is 0 Å². The van der Waals surface area contributed by atoms with Crippen molar-refractivity contribution in [1.82, 2.24) is 14.3 Å². The van der Waals surface area contributed by atoms with E-state index in [2.05, 4.69) is 18.0 Å². The van der Waals surface area contributed by atoms with E-state index >= 15 is 0 Å². The van der Waals surface area contributed by atoms with E-state index in [-0.39, 0.29) is 0 Å². The maximum Gasteiger partial charge on any atom is 0.125 e. The molecule has 0 aliphatic rings. The second kappa shape index (κ2) is 7.55. The highest BCUT2D eigenvalue weighted by molar-refractivity contribution is 5.83. The zero-order valence-electron chi connectivity index (χ0n) is 14.7. The molecule has 0 atom stereocenters. The molecular weight excluding hydrogens is 298 g/mol. The van der Waals surface area contributed by atoms with Crippen molar-refractivity contribution in [2.24, 2.45) is 0 Å². The van der Waals surface area contributed by atoms with Gasteiger partial charge in [0, 0.05) is 11.6 Å². The Balaban J connectivity index is 0.000000158. The molecule has 2 heterocycles. The van der Waals surface area contributed by atoms with Gasteiger partial charge < -0.3 is 11.7 Å². The summed E-state index contributed by atoms with van der Waals surface area (Å²) in [6.07, 6.45) is 1.94. The first-order valence-electron chi connectivity index (χ1n) is 8.09. The predicted molar refractivity (Wildman–Crippen MR) is 103 cm³/mol. The van der Waals surface area contributed by atoms with Crippen LogP contribution in [0.4, 0.5) is 0 Å². The van der Waals surface area contributed by atoms with Gasteiger partial charge in [-0.3, -0.25) is 4.68 Å². The number of nitrogen functional groups attached to an aromatic ring is 2. The Morgan fingerprint density at radius 2 is 1.42 bits per heavy atom. The van der Waals surface area contributed by atoms with Crippen molar-refractivity contribution in [3.05, 3.63) is 66.1 Å². The predicted octanol–water partition coefficient (Wildman–Crippen LogP) is 3.75. The molecule has 2 aromatic carbocycles. The van der Waals surface area contributed by atoms with Gasteiger partial charge in [-0.25, -0.2) is 9.66 Å². The van der Waals surface area contributed by atoms with Crippen molar-refractivity contribution in [1.29, 1.82) is 0 Å². The minimum atomic E-state index is 0.839. The number of nitrogens with zero attached hydrogens (tertiary/aromatic N) is 3. The lowest BCUT2D eigenvalue weighted by Gasteiger charge is -1.94. The number of hydrogen-bond acceptors (Lipinski definition) is 3. The average Bonchev–Trinajstić information content (AvgIpc) is 3.07. The highest BCUT2D eigenvalue weighted by atomic mass is 15.3. The number of imidazole rings is 1. The van der Waals surface area contributed by atoms with Crippen LogP contribution in [0.5, 0.6) is 0 Å². The SMILES string of the molecule is CC.Cc1cn(N)c2ccccc12.Cc1nc2ccccc2n1N. The Kier molecular flexibility index (Phi) is 5.47. The van der Waals surface area contributed by atoms with Crippen LogP contribution in [0.3, 0.4) is 0 Å². The molecule has 0 spiro atoms. The van der Waals surface area contributed by atoms with Crippen LogP contribution < -0.4 is 11.7 Å². The Bertz CT molecular complexity index is 889. The maximum absolute atomic E-state index is 5.69. The molecule has 0 fully saturated rings. The molecule has 0 radical (unpaired) electrons. The molecule has 0 saturated heterocycles. The third-order valence-corrected chi connectivity index (χ3v) is 3.71. The summed E-state index contributed by atoms with van der Waals surface area (Å²) in [4.78, 5) is 4.25. The van der Waals surface area contributed by atoms with E-state index < -0.39 is 0 Å². The van der Waals surface area contributed by atoms with Gasteiger partial charge in [-0.15, -0.1) is 0 Å². The molecule has 5 nitrogen and oxygen atoms in total. The lowest BCUT2D eigenvalue weighted by molar-refractivity contribution is 0.956. The molecule has 0 bridgehead atoms.